The van der Waals surface area contributed by atoms with Crippen molar-refractivity contribution in [3.63, 3.8) is 0 Å². The van der Waals surface area contributed by atoms with Crippen LogP contribution < -0.4 is 5.32 Å². The largest absolute Gasteiger partial charge is 0.351 e. The van der Waals surface area contributed by atoms with Gasteiger partial charge in [-0.2, -0.15) is 0 Å². The van der Waals surface area contributed by atoms with Crippen LogP contribution in [0.25, 0.3) is 4.83 Å². The Morgan fingerprint density at radius 3 is 3.50 bits per heavy atom. The Balaban J connectivity index is 2.34. The highest BCUT2D eigenvalue weighted by Gasteiger charge is 2.01. The molecule has 0 aromatic carbocycles. The fourth-order valence-electron chi connectivity index (χ4n) is 1.05. The van der Waals surface area contributed by atoms with E-state index in [1.54, 1.807) is 17.5 Å². The molecule has 4 nitrogen and oxygen atoms in total. The first-order valence-corrected chi connectivity index (χ1v) is 4.36. The summed E-state index contributed by atoms with van der Waals surface area (Å²) in [6, 6.07) is 0. The summed E-state index contributed by atoms with van der Waals surface area (Å²) in [6.07, 6.45) is 4.41. The monoisotopic (exact) mass is 181 g/mol. The van der Waals surface area contributed by atoms with Gasteiger partial charge in [-0.05, 0) is 0 Å². The number of carbonyl (C=O) groups is 1. The summed E-state index contributed by atoms with van der Waals surface area (Å²) in [4.78, 5) is 15.3. The van der Waals surface area contributed by atoms with Crippen LogP contribution in [0.3, 0.4) is 0 Å². The van der Waals surface area contributed by atoms with E-state index in [0.717, 1.165) is 10.7 Å². The molecule has 62 valence electrons. The van der Waals surface area contributed by atoms with E-state index in [-0.39, 0.29) is 0 Å². The van der Waals surface area contributed by atoms with Crippen molar-refractivity contribution in [1.82, 2.24) is 14.7 Å². The van der Waals surface area contributed by atoms with E-state index in [0.29, 0.717) is 13.0 Å². The Morgan fingerprint density at radius 2 is 2.67 bits per heavy atom. The molecule has 0 aliphatic rings. The van der Waals surface area contributed by atoms with Crippen LogP contribution in [-0.2, 0) is 11.3 Å². The maximum atomic E-state index is 10.0. The molecule has 0 spiro atoms. The van der Waals surface area contributed by atoms with Crippen LogP contribution in [0.15, 0.2) is 17.8 Å². The zero-order valence-corrected chi connectivity index (χ0v) is 7.04. The lowest BCUT2D eigenvalue weighted by molar-refractivity contribution is -0.109. The van der Waals surface area contributed by atoms with Gasteiger partial charge in [-0.3, -0.25) is 9.20 Å². The van der Waals surface area contributed by atoms with Crippen molar-refractivity contribution in [3.8, 4) is 0 Å². The van der Waals surface area contributed by atoms with Gasteiger partial charge in [0, 0.05) is 11.6 Å². The molecule has 0 aliphatic heterocycles. The molecular weight excluding hydrogens is 174 g/mol. The van der Waals surface area contributed by atoms with Crippen LogP contribution in [0.2, 0.25) is 0 Å². The molecule has 0 unspecified atom stereocenters. The van der Waals surface area contributed by atoms with Gasteiger partial charge in [0.15, 0.2) is 0 Å². The third-order valence-electron chi connectivity index (χ3n) is 1.58. The van der Waals surface area contributed by atoms with Gasteiger partial charge >= 0.3 is 0 Å². The fourth-order valence-corrected chi connectivity index (χ4v) is 1.77. The lowest BCUT2D eigenvalue weighted by atomic mass is 10.6. The van der Waals surface area contributed by atoms with Crippen molar-refractivity contribution in [2.75, 3.05) is 0 Å². The molecule has 0 saturated carbocycles. The van der Waals surface area contributed by atoms with Gasteiger partial charge < -0.3 is 5.32 Å². The van der Waals surface area contributed by atoms with E-state index >= 15 is 0 Å². The SMILES string of the molecule is O=CNCc1ncc2sccn12. The number of nitrogens with zero attached hydrogens (tertiary/aromatic N) is 2. The van der Waals surface area contributed by atoms with Gasteiger partial charge in [-0.15, -0.1) is 11.3 Å². The van der Waals surface area contributed by atoms with Gasteiger partial charge in [0.05, 0.1) is 12.7 Å². The number of fused-ring (bicyclic) bond motifs is 1. The molecule has 0 atom stereocenters. The fraction of sp³-hybridized carbons (Fsp3) is 0.143. The Labute approximate surface area is 72.9 Å². The van der Waals surface area contributed by atoms with Gasteiger partial charge in [-0.25, -0.2) is 4.98 Å². The third kappa shape index (κ3) is 1.08. The molecule has 0 radical (unpaired) electrons. The van der Waals surface area contributed by atoms with Gasteiger partial charge in [0.2, 0.25) is 6.41 Å². The first-order valence-electron chi connectivity index (χ1n) is 3.48. The summed E-state index contributed by atoms with van der Waals surface area (Å²) in [5.74, 6) is 0.860. The zero-order valence-electron chi connectivity index (χ0n) is 6.23. The van der Waals surface area contributed by atoms with Crippen LogP contribution in [0.1, 0.15) is 5.82 Å². The molecule has 5 heteroatoms. The lowest BCUT2D eigenvalue weighted by Gasteiger charge is -1.94. The number of rotatable bonds is 3. The van der Waals surface area contributed by atoms with Crippen LogP contribution >= 0.6 is 11.3 Å². The van der Waals surface area contributed by atoms with Crippen LogP contribution in [0, 0.1) is 0 Å². The van der Waals surface area contributed by atoms with Gasteiger partial charge in [0.25, 0.3) is 0 Å². The maximum absolute atomic E-state index is 10.0. The third-order valence-corrected chi connectivity index (χ3v) is 2.38. The Bertz CT molecular complexity index is 392. The quantitative estimate of drug-likeness (QED) is 0.706. The van der Waals surface area contributed by atoms with Crippen LogP contribution in [-0.4, -0.2) is 15.8 Å². The highest BCUT2D eigenvalue weighted by Crippen LogP contribution is 2.12. The Morgan fingerprint density at radius 1 is 1.75 bits per heavy atom. The predicted molar refractivity (Wildman–Crippen MR) is 46.0 cm³/mol. The van der Waals surface area contributed by atoms with E-state index in [4.69, 9.17) is 0 Å². The number of carbonyl (C=O) groups excluding carboxylic acids is 1. The van der Waals surface area contributed by atoms with Crippen LogP contribution in [0.5, 0.6) is 0 Å². The molecule has 0 fully saturated rings. The summed E-state index contributed by atoms with van der Waals surface area (Å²) >= 11 is 1.63. The molecule has 1 N–H and O–H groups in total. The highest BCUT2D eigenvalue weighted by molar-refractivity contribution is 7.15. The maximum Gasteiger partial charge on any atom is 0.207 e. The lowest BCUT2D eigenvalue weighted by Crippen LogP contribution is -2.12. The first-order chi connectivity index (χ1) is 5.92. The van der Waals surface area contributed by atoms with E-state index in [2.05, 4.69) is 10.3 Å². The molecule has 2 aromatic rings. The van der Waals surface area contributed by atoms with E-state index < -0.39 is 0 Å². The summed E-state index contributed by atoms with van der Waals surface area (Å²) in [5, 5.41) is 4.56. The number of hydrogen-bond acceptors (Lipinski definition) is 3. The molecule has 0 saturated heterocycles. The number of aromatic nitrogens is 2. The zero-order chi connectivity index (χ0) is 8.39. The van der Waals surface area contributed by atoms with E-state index in [1.807, 2.05) is 16.0 Å². The van der Waals surface area contributed by atoms with Crippen molar-refractivity contribution in [3.05, 3.63) is 23.6 Å². The van der Waals surface area contributed by atoms with Crippen molar-refractivity contribution in [2.45, 2.75) is 6.54 Å². The van der Waals surface area contributed by atoms with Crippen molar-refractivity contribution in [1.29, 1.82) is 0 Å². The first kappa shape index (κ1) is 7.30. The van der Waals surface area contributed by atoms with Crippen LogP contribution in [0.4, 0.5) is 0 Å². The molecular formula is C7H7N3OS. The number of thiazole rings is 1. The van der Waals surface area contributed by atoms with Crippen molar-refractivity contribution in [2.24, 2.45) is 0 Å². The van der Waals surface area contributed by atoms with E-state index in [9.17, 15) is 4.79 Å². The second-order valence-electron chi connectivity index (χ2n) is 2.28. The summed E-state index contributed by atoms with van der Waals surface area (Å²) in [5.41, 5.74) is 0. The molecule has 2 aromatic heterocycles. The highest BCUT2D eigenvalue weighted by atomic mass is 32.1. The minimum absolute atomic E-state index is 0.481. The van der Waals surface area contributed by atoms with E-state index in [1.165, 1.54) is 0 Å². The Kier molecular flexibility index (Phi) is 1.79. The molecule has 2 heterocycles. The minimum atomic E-state index is 0.481. The van der Waals surface area contributed by atoms with Crippen molar-refractivity contribution < 1.29 is 4.79 Å². The topological polar surface area (TPSA) is 46.4 Å². The second-order valence-corrected chi connectivity index (χ2v) is 3.21. The Hall–Kier alpha value is -1.36. The summed E-state index contributed by atoms with van der Waals surface area (Å²) in [6.45, 7) is 0.481. The number of hydrogen-bond donors (Lipinski definition) is 1. The number of nitrogens with one attached hydrogen (secondary N) is 1. The summed E-state index contributed by atoms with van der Waals surface area (Å²) in [7, 11) is 0. The molecule has 0 bridgehead atoms. The number of amides is 1. The smallest absolute Gasteiger partial charge is 0.207 e. The molecule has 12 heavy (non-hydrogen) atoms. The number of imidazole rings is 1. The molecule has 1 amide bonds. The average Bonchev–Trinajstić information content (AvgIpc) is 2.62. The second kappa shape index (κ2) is 2.94. The predicted octanol–water partition coefficient (Wildman–Crippen LogP) is 0.642. The molecule has 0 aliphatic carbocycles. The normalized spacial score (nSPS) is 10.3. The summed E-state index contributed by atoms with van der Waals surface area (Å²) < 4.78 is 1.96. The van der Waals surface area contributed by atoms with Gasteiger partial charge in [-0.1, -0.05) is 0 Å². The molecule has 2 rings (SSSR count). The standard InChI is InChI=1S/C7H7N3OS/c11-5-8-3-6-9-4-7-10(6)1-2-12-7/h1-2,4-5H,3H2,(H,8,11). The van der Waals surface area contributed by atoms with Crippen molar-refractivity contribution >= 4 is 22.6 Å². The minimum Gasteiger partial charge on any atom is -0.351 e. The van der Waals surface area contributed by atoms with Gasteiger partial charge in [0.1, 0.15) is 10.7 Å². The average molecular weight is 181 g/mol.